The second-order valence-electron chi connectivity index (χ2n) is 9.05. The number of aryl methyl sites for hydroxylation is 1. The van der Waals surface area contributed by atoms with Gasteiger partial charge in [0.2, 0.25) is 11.9 Å². The third-order valence-corrected chi connectivity index (χ3v) is 8.00. The van der Waals surface area contributed by atoms with Crippen LogP contribution in [0.4, 0.5) is 11.8 Å². The molecule has 0 saturated carbocycles. The summed E-state index contributed by atoms with van der Waals surface area (Å²) in [7, 11) is -3.38. The highest BCUT2D eigenvalue weighted by Crippen LogP contribution is 2.29. The predicted molar refractivity (Wildman–Crippen MR) is 130 cm³/mol. The van der Waals surface area contributed by atoms with Crippen molar-refractivity contribution in [1.82, 2.24) is 15.3 Å². The first-order chi connectivity index (χ1) is 16.2. The fourth-order valence-electron chi connectivity index (χ4n) is 4.43. The Morgan fingerprint density at radius 3 is 2.71 bits per heavy atom. The number of benzene rings is 2. The first-order valence-corrected chi connectivity index (χ1v) is 12.8. The van der Waals surface area contributed by atoms with Crippen LogP contribution in [0.15, 0.2) is 47.4 Å². The zero-order valence-electron chi connectivity index (χ0n) is 19.2. The number of hydrogen-bond acceptors (Lipinski definition) is 8. The molecule has 1 fully saturated rings. The molecule has 3 aromatic rings. The Labute approximate surface area is 198 Å². The number of nitrogens with one attached hydrogen (secondary N) is 2. The summed E-state index contributed by atoms with van der Waals surface area (Å²) in [5.41, 5.74) is 2.09. The van der Waals surface area contributed by atoms with Crippen molar-refractivity contribution in [3.63, 3.8) is 0 Å². The highest BCUT2D eigenvalue weighted by atomic mass is 32.2. The smallest absolute Gasteiger partial charge is 0.228 e. The van der Waals surface area contributed by atoms with E-state index in [1.54, 1.807) is 12.1 Å². The van der Waals surface area contributed by atoms with Gasteiger partial charge in [0.15, 0.2) is 9.84 Å². The number of ether oxygens (including phenoxy) is 1. The molecular weight excluding hydrogens is 454 g/mol. The Hall–Kier alpha value is -3.24. The van der Waals surface area contributed by atoms with E-state index in [-0.39, 0.29) is 18.2 Å². The van der Waals surface area contributed by atoms with Gasteiger partial charge in [-0.1, -0.05) is 29.8 Å². The minimum Gasteiger partial charge on any atom is -0.376 e. The summed E-state index contributed by atoms with van der Waals surface area (Å²) in [5.74, 6) is 0.981. The fraction of sp³-hybridized carbons (Fsp3) is 0.375. The molecule has 0 bridgehead atoms. The number of hydrogen-bond donors (Lipinski definition) is 2. The average molecular weight is 482 g/mol. The van der Waals surface area contributed by atoms with Crippen LogP contribution in [0.1, 0.15) is 18.1 Å². The topological polar surface area (TPSA) is 114 Å². The normalized spacial score (nSPS) is 18.5. The molecule has 178 valence electrons. The van der Waals surface area contributed by atoms with Crippen molar-refractivity contribution in [3.8, 4) is 0 Å². The lowest BCUT2D eigenvalue weighted by Gasteiger charge is -2.42. The average Bonchev–Trinajstić information content (AvgIpc) is 2.91. The first-order valence-electron chi connectivity index (χ1n) is 11.2. The largest absolute Gasteiger partial charge is 0.376 e. The minimum absolute atomic E-state index is 0.00888. The van der Waals surface area contributed by atoms with Crippen LogP contribution in [0.25, 0.3) is 10.9 Å². The van der Waals surface area contributed by atoms with Gasteiger partial charge in [0.1, 0.15) is 11.4 Å². The van der Waals surface area contributed by atoms with Crippen molar-refractivity contribution in [3.05, 3.63) is 53.6 Å². The summed E-state index contributed by atoms with van der Waals surface area (Å²) in [4.78, 5) is 23.6. The number of aromatic nitrogens is 2. The van der Waals surface area contributed by atoms with Crippen LogP contribution in [0.5, 0.6) is 0 Å². The van der Waals surface area contributed by atoms with Gasteiger partial charge in [-0.15, -0.1) is 0 Å². The van der Waals surface area contributed by atoms with E-state index < -0.39 is 15.4 Å². The molecular formula is C24H27N5O4S. The van der Waals surface area contributed by atoms with Gasteiger partial charge in [-0.3, -0.25) is 4.79 Å². The lowest BCUT2D eigenvalue weighted by Crippen LogP contribution is -2.65. The number of fused-ring (bicyclic) bond motifs is 2. The Morgan fingerprint density at radius 1 is 1.18 bits per heavy atom. The van der Waals surface area contributed by atoms with E-state index in [1.807, 2.05) is 42.2 Å². The van der Waals surface area contributed by atoms with E-state index in [9.17, 15) is 13.2 Å². The molecule has 3 heterocycles. The summed E-state index contributed by atoms with van der Waals surface area (Å²) in [6.07, 6.45) is 0. The Morgan fingerprint density at radius 2 is 1.97 bits per heavy atom. The molecule has 2 aromatic carbocycles. The number of carbonyl (C=O) groups is 1. The SMILES string of the molecule is CC(=O)NC1(CNc2nc(N3CCS(=O)(=O)c4ccccc4C3)nc3ccc(C)cc23)COC1. The maximum Gasteiger partial charge on any atom is 0.228 e. The summed E-state index contributed by atoms with van der Waals surface area (Å²) in [5, 5.41) is 7.25. The molecule has 9 nitrogen and oxygen atoms in total. The summed E-state index contributed by atoms with van der Waals surface area (Å²) in [6, 6.07) is 13.0. The van der Waals surface area contributed by atoms with Crippen LogP contribution >= 0.6 is 0 Å². The van der Waals surface area contributed by atoms with E-state index >= 15 is 0 Å². The van der Waals surface area contributed by atoms with E-state index in [0.717, 1.165) is 22.0 Å². The molecule has 0 radical (unpaired) electrons. The van der Waals surface area contributed by atoms with Gasteiger partial charge >= 0.3 is 0 Å². The van der Waals surface area contributed by atoms with Crippen LogP contribution in [-0.2, 0) is 25.9 Å². The molecule has 1 amide bonds. The molecule has 0 atom stereocenters. The molecule has 2 aliphatic heterocycles. The molecule has 0 aliphatic carbocycles. The maximum absolute atomic E-state index is 12.8. The minimum atomic E-state index is -3.38. The van der Waals surface area contributed by atoms with Gasteiger partial charge in [0, 0.05) is 31.9 Å². The molecule has 1 aromatic heterocycles. The van der Waals surface area contributed by atoms with Gasteiger partial charge in [-0.25, -0.2) is 13.4 Å². The van der Waals surface area contributed by atoms with Crippen LogP contribution < -0.4 is 15.5 Å². The van der Waals surface area contributed by atoms with Crippen molar-refractivity contribution < 1.29 is 17.9 Å². The van der Waals surface area contributed by atoms with E-state index in [4.69, 9.17) is 14.7 Å². The van der Waals surface area contributed by atoms with E-state index in [1.165, 1.54) is 6.92 Å². The second kappa shape index (κ2) is 8.52. The highest BCUT2D eigenvalue weighted by molar-refractivity contribution is 7.91. The summed E-state index contributed by atoms with van der Waals surface area (Å²) >= 11 is 0. The van der Waals surface area contributed by atoms with E-state index in [2.05, 4.69) is 10.6 Å². The third kappa shape index (κ3) is 4.30. The first kappa shape index (κ1) is 22.5. The predicted octanol–water partition coefficient (Wildman–Crippen LogP) is 2.05. The summed E-state index contributed by atoms with van der Waals surface area (Å²) < 4.78 is 31.0. The number of carbonyl (C=O) groups excluding carboxylic acids is 1. The molecule has 10 heteroatoms. The molecule has 2 N–H and O–H groups in total. The molecule has 0 unspecified atom stereocenters. The standard InChI is InChI=1S/C24H27N5O4S/c1-16-7-8-20-19(11-16)22(25-13-24(14-33-15-24)28-17(2)30)27-23(26-20)29-9-10-34(31,32)21-6-4-3-5-18(21)12-29/h3-8,11H,9-10,12-15H2,1-2H3,(H,28,30)(H,25,26,27). The Kier molecular flexibility index (Phi) is 5.65. The van der Waals surface area contributed by atoms with Gasteiger partial charge in [0.05, 0.1) is 29.4 Å². The molecule has 0 spiro atoms. The third-order valence-electron chi connectivity index (χ3n) is 6.21. The van der Waals surface area contributed by atoms with Gasteiger partial charge < -0.3 is 20.3 Å². The number of amides is 1. The Bertz CT molecular complexity index is 1370. The van der Waals surface area contributed by atoms with Crippen molar-refractivity contribution in [2.75, 3.05) is 42.3 Å². The van der Waals surface area contributed by atoms with Crippen LogP contribution in [-0.4, -0.2) is 61.9 Å². The van der Waals surface area contributed by atoms with Gasteiger partial charge in [0.25, 0.3) is 0 Å². The zero-order chi connectivity index (χ0) is 23.9. The Balaban J connectivity index is 1.51. The molecule has 5 rings (SSSR count). The van der Waals surface area contributed by atoms with Crippen molar-refractivity contribution in [1.29, 1.82) is 0 Å². The number of anilines is 2. The second-order valence-corrected chi connectivity index (χ2v) is 11.1. The quantitative estimate of drug-likeness (QED) is 0.569. The van der Waals surface area contributed by atoms with E-state index in [0.29, 0.717) is 43.0 Å². The van der Waals surface area contributed by atoms with Crippen LogP contribution in [0, 0.1) is 6.92 Å². The van der Waals surface area contributed by atoms with Crippen LogP contribution in [0.3, 0.4) is 0 Å². The molecule has 34 heavy (non-hydrogen) atoms. The van der Waals surface area contributed by atoms with Crippen molar-refractivity contribution >= 4 is 38.4 Å². The highest BCUT2D eigenvalue weighted by Gasteiger charge is 2.39. The number of sulfone groups is 1. The maximum atomic E-state index is 12.8. The van der Waals surface area contributed by atoms with Gasteiger partial charge in [-0.2, -0.15) is 4.98 Å². The monoisotopic (exact) mass is 481 g/mol. The van der Waals surface area contributed by atoms with Gasteiger partial charge in [-0.05, 0) is 30.7 Å². The van der Waals surface area contributed by atoms with Crippen molar-refractivity contribution in [2.24, 2.45) is 0 Å². The van der Waals surface area contributed by atoms with Crippen molar-refractivity contribution in [2.45, 2.75) is 30.8 Å². The number of rotatable bonds is 5. The lowest BCUT2D eigenvalue weighted by molar-refractivity contribution is -0.129. The lowest BCUT2D eigenvalue weighted by atomic mass is 9.97. The molecule has 1 saturated heterocycles. The number of nitrogens with zero attached hydrogens (tertiary/aromatic N) is 3. The zero-order valence-corrected chi connectivity index (χ0v) is 20.0. The fourth-order valence-corrected chi connectivity index (χ4v) is 5.93. The summed E-state index contributed by atoms with van der Waals surface area (Å²) in [6.45, 7) is 5.49. The van der Waals surface area contributed by atoms with Crippen LogP contribution in [0.2, 0.25) is 0 Å². The molecule has 2 aliphatic rings.